The van der Waals surface area contributed by atoms with Gasteiger partial charge >= 0.3 is 0 Å². The molecular weight excluding hydrogens is 296 g/mol. The van der Waals surface area contributed by atoms with E-state index in [1.165, 1.54) is 4.57 Å². The average Bonchev–Trinajstić information content (AvgIpc) is 2.93. The molecule has 2 aromatic heterocycles. The zero-order valence-corrected chi connectivity index (χ0v) is 13.3. The molecule has 0 aliphatic carbocycles. The van der Waals surface area contributed by atoms with E-state index in [1.54, 1.807) is 13.0 Å². The highest BCUT2D eigenvalue weighted by atomic mass is 16.3. The van der Waals surface area contributed by atoms with Gasteiger partial charge in [-0.15, -0.1) is 10.2 Å². The fourth-order valence-corrected chi connectivity index (χ4v) is 2.12. The molecule has 0 bridgehead atoms. The van der Waals surface area contributed by atoms with Gasteiger partial charge in [-0.2, -0.15) is 5.10 Å². The van der Waals surface area contributed by atoms with Gasteiger partial charge in [0.1, 0.15) is 5.69 Å². The molecule has 2 rings (SSSR count). The number of aromatic amines is 1. The first kappa shape index (κ1) is 16.4. The van der Waals surface area contributed by atoms with Crippen molar-refractivity contribution >= 4 is 17.2 Å². The molecule has 2 heterocycles. The predicted octanol–water partition coefficient (Wildman–Crippen LogP) is 3.66. The van der Waals surface area contributed by atoms with E-state index < -0.39 is 5.56 Å². The molecule has 0 spiro atoms. The standard InChI is InChI=1S/C15H18N6O2/c1-5-6-7-21-14(22)12(16-4)10(3)13(15(21)23)20-19-11-8-9(2)17-18-11/h8,23H,5-7H2,1-3H3,(H,17,18)/b20-19+. The monoisotopic (exact) mass is 314 g/mol. The van der Waals surface area contributed by atoms with Gasteiger partial charge in [-0.25, -0.2) is 4.85 Å². The third kappa shape index (κ3) is 3.29. The van der Waals surface area contributed by atoms with Crippen molar-refractivity contribution in [1.82, 2.24) is 14.8 Å². The minimum Gasteiger partial charge on any atom is -0.493 e. The molecule has 0 aliphatic rings. The molecule has 8 nitrogen and oxygen atoms in total. The van der Waals surface area contributed by atoms with E-state index in [9.17, 15) is 9.90 Å². The van der Waals surface area contributed by atoms with Crippen molar-refractivity contribution in [3.05, 3.63) is 39.1 Å². The third-order valence-electron chi connectivity index (χ3n) is 3.42. The van der Waals surface area contributed by atoms with E-state index in [0.29, 0.717) is 24.3 Å². The summed E-state index contributed by atoms with van der Waals surface area (Å²) in [6, 6.07) is 1.69. The van der Waals surface area contributed by atoms with Gasteiger partial charge in [0.15, 0.2) is 5.82 Å². The smallest absolute Gasteiger partial charge is 0.260 e. The van der Waals surface area contributed by atoms with E-state index >= 15 is 0 Å². The number of hydrogen-bond acceptors (Lipinski definition) is 5. The fraction of sp³-hybridized carbons (Fsp3) is 0.400. The fourth-order valence-electron chi connectivity index (χ4n) is 2.12. The molecule has 0 aliphatic heterocycles. The van der Waals surface area contributed by atoms with Crippen LogP contribution in [0.25, 0.3) is 4.85 Å². The molecule has 8 heteroatoms. The number of H-pyrrole nitrogens is 1. The van der Waals surface area contributed by atoms with Crippen LogP contribution in [-0.4, -0.2) is 19.9 Å². The van der Waals surface area contributed by atoms with Crippen LogP contribution in [0.3, 0.4) is 0 Å². The lowest BCUT2D eigenvalue weighted by atomic mass is 10.2. The summed E-state index contributed by atoms with van der Waals surface area (Å²) >= 11 is 0. The summed E-state index contributed by atoms with van der Waals surface area (Å²) in [5, 5.41) is 25.0. The lowest BCUT2D eigenvalue weighted by Gasteiger charge is -2.12. The first-order valence-corrected chi connectivity index (χ1v) is 7.27. The number of pyridine rings is 1. The van der Waals surface area contributed by atoms with Crippen LogP contribution in [0.5, 0.6) is 5.88 Å². The number of aromatic hydroxyl groups is 1. The molecule has 0 amide bonds. The number of aryl methyl sites for hydroxylation is 1. The molecule has 2 N–H and O–H groups in total. The van der Waals surface area contributed by atoms with Crippen LogP contribution in [0.15, 0.2) is 21.1 Å². The summed E-state index contributed by atoms with van der Waals surface area (Å²) in [6.45, 7) is 12.9. The lowest BCUT2D eigenvalue weighted by molar-refractivity contribution is 0.403. The summed E-state index contributed by atoms with van der Waals surface area (Å²) in [5.41, 5.74) is 0.706. The van der Waals surface area contributed by atoms with Crippen molar-refractivity contribution in [2.75, 3.05) is 0 Å². The summed E-state index contributed by atoms with van der Waals surface area (Å²) in [5.74, 6) is 0.0846. The van der Waals surface area contributed by atoms with Gasteiger partial charge in [-0.05, 0) is 25.8 Å². The van der Waals surface area contributed by atoms with Crippen molar-refractivity contribution in [3.63, 3.8) is 0 Å². The Labute approximate surface area is 133 Å². The Morgan fingerprint density at radius 3 is 2.74 bits per heavy atom. The molecule has 0 fully saturated rings. The van der Waals surface area contributed by atoms with E-state index in [2.05, 4.69) is 25.3 Å². The van der Waals surface area contributed by atoms with E-state index in [4.69, 9.17) is 6.57 Å². The Hall–Kier alpha value is -2.95. The highest BCUT2D eigenvalue weighted by Gasteiger charge is 2.19. The number of hydrogen-bond donors (Lipinski definition) is 2. The van der Waals surface area contributed by atoms with Gasteiger partial charge in [0.05, 0.1) is 6.57 Å². The van der Waals surface area contributed by atoms with Gasteiger partial charge in [0.2, 0.25) is 5.88 Å². The predicted molar refractivity (Wildman–Crippen MR) is 85.8 cm³/mol. The van der Waals surface area contributed by atoms with Gasteiger partial charge < -0.3 is 5.11 Å². The first-order chi connectivity index (χ1) is 11.0. The lowest BCUT2D eigenvalue weighted by Crippen LogP contribution is -2.20. The number of nitrogens with zero attached hydrogens (tertiary/aromatic N) is 5. The zero-order chi connectivity index (χ0) is 17.0. The third-order valence-corrected chi connectivity index (χ3v) is 3.42. The molecule has 2 aromatic rings. The van der Waals surface area contributed by atoms with Gasteiger partial charge in [0, 0.05) is 18.3 Å². The number of azo groups is 1. The first-order valence-electron chi connectivity index (χ1n) is 7.27. The van der Waals surface area contributed by atoms with Crippen LogP contribution in [-0.2, 0) is 6.54 Å². The highest BCUT2D eigenvalue weighted by molar-refractivity contribution is 5.66. The molecule has 0 atom stereocenters. The van der Waals surface area contributed by atoms with Gasteiger partial charge in [0.25, 0.3) is 11.2 Å². The normalized spacial score (nSPS) is 11.0. The summed E-state index contributed by atoms with van der Waals surface area (Å²) in [7, 11) is 0. The number of rotatable bonds is 5. The Morgan fingerprint density at radius 1 is 1.43 bits per heavy atom. The molecule has 0 aromatic carbocycles. The van der Waals surface area contributed by atoms with E-state index in [0.717, 1.165) is 12.1 Å². The minimum atomic E-state index is -0.502. The van der Waals surface area contributed by atoms with Crippen LogP contribution in [0, 0.1) is 20.4 Å². The van der Waals surface area contributed by atoms with Crippen LogP contribution < -0.4 is 5.56 Å². The molecule has 0 radical (unpaired) electrons. The van der Waals surface area contributed by atoms with Crippen LogP contribution in [0.4, 0.5) is 17.2 Å². The maximum Gasteiger partial charge on any atom is 0.260 e. The quantitative estimate of drug-likeness (QED) is 0.650. The molecule has 0 unspecified atom stereocenters. The van der Waals surface area contributed by atoms with Crippen molar-refractivity contribution in [2.45, 2.75) is 40.2 Å². The van der Waals surface area contributed by atoms with Crippen molar-refractivity contribution < 1.29 is 5.11 Å². The minimum absolute atomic E-state index is 0.0499. The number of aromatic nitrogens is 3. The molecule has 23 heavy (non-hydrogen) atoms. The summed E-state index contributed by atoms with van der Waals surface area (Å²) in [6.07, 6.45) is 1.57. The Balaban J connectivity index is 2.56. The summed E-state index contributed by atoms with van der Waals surface area (Å²) < 4.78 is 1.17. The topological polar surface area (TPSA) is 100.0 Å². The van der Waals surface area contributed by atoms with Gasteiger partial charge in [-0.3, -0.25) is 14.5 Å². The number of nitrogens with one attached hydrogen (secondary N) is 1. The summed E-state index contributed by atoms with van der Waals surface area (Å²) in [4.78, 5) is 15.6. The maximum atomic E-state index is 12.3. The largest absolute Gasteiger partial charge is 0.493 e. The Kier molecular flexibility index (Phi) is 4.91. The van der Waals surface area contributed by atoms with Crippen molar-refractivity contribution in [2.24, 2.45) is 10.2 Å². The van der Waals surface area contributed by atoms with Crippen LogP contribution in [0.1, 0.15) is 31.0 Å². The van der Waals surface area contributed by atoms with Crippen LogP contribution in [0.2, 0.25) is 0 Å². The van der Waals surface area contributed by atoms with E-state index in [1.807, 2.05) is 13.8 Å². The van der Waals surface area contributed by atoms with Gasteiger partial charge in [-0.1, -0.05) is 13.3 Å². The second-order valence-electron chi connectivity index (χ2n) is 5.18. The Bertz CT molecular complexity index is 841. The zero-order valence-electron chi connectivity index (χ0n) is 13.3. The number of unbranched alkanes of at least 4 members (excludes halogenated alkanes) is 1. The highest BCUT2D eigenvalue weighted by Crippen LogP contribution is 2.35. The van der Waals surface area contributed by atoms with Crippen molar-refractivity contribution in [3.8, 4) is 5.88 Å². The second-order valence-corrected chi connectivity index (χ2v) is 5.18. The Morgan fingerprint density at radius 2 is 2.17 bits per heavy atom. The second kappa shape index (κ2) is 6.87. The SMILES string of the molecule is [C-]#[N+]c1c(C)c(/N=N/c2cc(C)[nH]n2)c(O)n(CCCC)c1=O. The molecular formula is C15H18N6O2. The molecule has 0 saturated carbocycles. The molecule has 120 valence electrons. The maximum absolute atomic E-state index is 12.3. The van der Waals surface area contributed by atoms with Crippen molar-refractivity contribution in [1.29, 1.82) is 0 Å². The molecule has 0 saturated heterocycles. The van der Waals surface area contributed by atoms with E-state index in [-0.39, 0.29) is 17.3 Å². The average molecular weight is 314 g/mol. The van der Waals surface area contributed by atoms with Crippen LogP contribution >= 0.6 is 0 Å².